The molecule has 0 aromatic carbocycles. The van der Waals surface area contributed by atoms with Gasteiger partial charge in [-0.1, -0.05) is 0 Å². The monoisotopic (exact) mass is 220 g/mol. The van der Waals surface area contributed by atoms with E-state index in [2.05, 4.69) is 16.8 Å². The fourth-order valence-electron chi connectivity index (χ4n) is 1.02. The Morgan fingerprint density at radius 1 is 1.56 bits per heavy atom. The summed E-state index contributed by atoms with van der Waals surface area (Å²) in [6.07, 6.45) is 3.47. The molecule has 0 saturated carbocycles. The van der Waals surface area contributed by atoms with Crippen LogP contribution in [0.15, 0.2) is 12.5 Å². The van der Waals surface area contributed by atoms with Gasteiger partial charge in [-0.25, -0.2) is 9.78 Å². The van der Waals surface area contributed by atoms with Crippen LogP contribution in [0.2, 0.25) is 0 Å². The van der Waals surface area contributed by atoms with E-state index in [4.69, 9.17) is 4.74 Å². The minimum Gasteiger partial charge on any atom is -0.450 e. The van der Waals surface area contributed by atoms with Crippen LogP contribution in [-0.2, 0) is 16.1 Å². The Morgan fingerprint density at radius 3 is 2.75 bits per heavy atom. The Kier molecular flexibility index (Phi) is 3.73. The summed E-state index contributed by atoms with van der Waals surface area (Å²) in [7, 11) is 0. The molecule has 0 aliphatic heterocycles. The zero-order valence-electron chi connectivity index (χ0n) is 10.1. The molecule has 1 aromatic rings. The van der Waals surface area contributed by atoms with Gasteiger partial charge in [-0.2, -0.15) is 0 Å². The van der Waals surface area contributed by atoms with Gasteiger partial charge in [-0.15, -0.1) is 0 Å². The van der Waals surface area contributed by atoms with Crippen LogP contribution in [-0.4, -0.2) is 21.1 Å². The third kappa shape index (κ3) is 4.18. The predicted octanol–water partition coefficient (Wildman–Crippen LogP) is 1.60. The molecule has 0 N–H and O–H groups in total. The van der Waals surface area contributed by atoms with E-state index in [1.807, 2.05) is 11.5 Å². The normalized spacial score (nSPS) is 10.5. The summed E-state index contributed by atoms with van der Waals surface area (Å²) >= 11 is 0. The molecule has 0 fully saturated rings. The highest BCUT2D eigenvalue weighted by atomic mass is 16.6. The quantitative estimate of drug-likeness (QED) is 0.533. The molecular formula is C12H16N2O2. The van der Waals surface area contributed by atoms with Crippen molar-refractivity contribution in [2.24, 2.45) is 0 Å². The summed E-state index contributed by atoms with van der Waals surface area (Å²) < 4.78 is 6.93. The van der Waals surface area contributed by atoms with E-state index >= 15 is 0 Å². The van der Waals surface area contributed by atoms with E-state index in [-0.39, 0.29) is 0 Å². The fraction of sp³-hybridized carbons (Fsp3) is 0.500. The number of rotatable bonds is 1. The van der Waals surface area contributed by atoms with Gasteiger partial charge in [0, 0.05) is 18.7 Å². The minimum absolute atomic E-state index is 0.505. The first-order valence-corrected chi connectivity index (χ1v) is 5.17. The molecule has 0 unspecified atom stereocenters. The summed E-state index contributed by atoms with van der Waals surface area (Å²) in [5.41, 5.74) is 0.0712. The number of aromatic nitrogens is 2. The minimum atomic E-state index is -0.529. The van der Waals surface area contributed by atoms with Crippen LogP contribution in [0.1, 0.15) is 33.4 Å². The Bertz CT molecular complexity index is 430. The Hall–Kier alpha value is -1.76. The summed E-state index contributed by atoms with van der Waals surface area (Å²) in [4.78, 5) is 15.3. The van der Waals surface area contributed by atoms with Gasteiger partial charge >= 0.3 is 5.97 Å². The van der Waals surface area contributed by atoms with Gasteiger partial charge in [0.05, 0.1) is 6.33 Å². The topological polar surface area (TPSA) is 44.1 Å². The van der Waals surface area contributed by atoms with Crippen LogP contribution >= 0.6 is 0 Å². The van der Waals surface area contributed by atoms with Crippen molar-refractivity contribution in [1.82, 2.24) is 9.55 Å². The molecule has 0 saturated heterocycles. The van der Waals surface area contributed by atoms with Crippen molar-refractivity contribution in [2.45, 2.75) is 39.8 Å². The first-order chi connectivity index (χ1) is 7.40. The zero-order chi connectivity index (χ0) is 12.2. The van der Waals surface area contributed by atoms with Crippen molar-refractivity contribution in [2.75, 3.05) is 0 Å². The standard InChI is InChI=1S/C12H16N2O2/c1-5-14-8-10(13-9-14)6-7-11(15)16-12(2,3)4/h8-9H,5H2,1-4H3. The second-order valence-electron chi connectivity index (χ2n) is 4.34. The highest BCUT2D eigenvalue weighted by molar-refractivity contribution is 5.89. The fourth-order valence-corrected chi connectivity index (χ4v) is 1.02. The molecule has 1 aromatic heterocycles. The summed E-state index contributed by atoms with van der Waals surface area (Å²) in [6.45, 7) is 8.25. The molecule has 1 heterocycles. The number of esters is 1. The summed E-state index contributed by atoms with van der Waals surface area (Å²) in [6, 6.07) is 0. The van der Waals surface area contributed by atoms with E-state index in [0.717, 1.165) is 6.54 Å². The lowest BCUT2D eigenvalue weighted by molar-refractivity contribution is -0.147. The zero-order valence-corrected chi connectivity index (χ0v) is 10.1. The molecule has 0 aliphatic rings. The maximum Gasteiger partial charge on any atom is 0.385 e. The number of aryl methyl sites for hydroxylation is 1. The van der Waals surface area contributed by atoms with Crippen LogP contribution in [0.25, 0.3) is 0 Å². The number of hydrogen-bond donors (Lipinski definition) is 0. The first kappa shape index (κ1) is 12.3. The van der Waals surface area contributed by atoms with Crippen LogP contribution in [0.4, 0.5) is 0 Å². The Labute approximate surface area is 95.6 Å². The molecule has 86 valence electrons. The molecule has 4 heteroatoms. The first-order valence-electron chi connectivity index (χ1n) is 5.17. The molecule has 0 bridgehead atoms. The lowest BCUT2D eigenvalue weighted by Gasteiger charge is -2.16. The highest BCUT2D eigenvalue weighted by Crippen LogP contribution is 2.06. The molecular weight excluding hydrogens is 204 g/mol. The summed E-state index contributed by atoms with van der Waals surface area (Å²) in [5.74, 6) is 4.54. The SMILES string of the molecule is CCn1cnc(C#CC(=O)OC(C)(C)C)c1. The van der Waals surface area contributed by atoms with Crippen molar-refractivity contribution in [3.05, 3.63) is 18.2 Å². The van der Waals surface area contributed by atoms with Crippen LogP contribution in [0.3, 0.4) is 0 Å². The van der Waals surface area contributed by atoms with Crippen molar-refractivity contribution >= 4 is 5.97 Å². The van der Waals surface area contributed by atoms with E-state index in [1.54, 1.807) is 33.3 Å². The van der Waals surface area contributed by atoms with Gasteiger partial charge in [-0.3, -0.25) is 0 Å². The van der Waals surface area contributed by atoms with Crippen molar-refractivity contribution in [1.29, 1.82) is 0 Å². The number of hydrogen-bond acceptors (Lipinski definition) is 3. The van der Waals surface area contributed by atoms with Crippen LogP contribution in [0, 0.1) is 11.8 Å². The van der Waals surface area contributed by atoms with Crippen molar-refractivity contribution < 1.29 is 9.53 Å². The summed E-state index contributed by atoms with van der Waals surface area (Å²) in [5, 5.41) is 0. The average molecular weight is 220 g/mol. The smallest absolute Gasteiger partial charge is 0.385 e. The van der Waals surface area contributed by atoms with Gasteiger partial charge in [-0.05, 0) is 33.6 Å². The molecule has 0 amide bonds. The third-order valence-electron chi connectivity index (χ3n) is 1.69. The molecule has 0 spiro atoms. The van der Waals surface area contributed by atoms with Gasteiger partial charge in [0.15, 0.2) is 0 Å². The van der Waals surface area contributed by atoms with E-state index in [9.17, 15) is 4.79 Å². The largest absolute Gasteiger partial charge is 0.450 e. The molecule has 16 heavy (non-hydrogen) atoms. The van der Waals surface area contributed by atoms with Crippen LogP contribution < -0.4 is 0 Å². The van der Waals surface area contributed by atoms with Gasteiger partial charge in [0.1, 0.15) is 11.3 Å². The van der Waals surface area contributed by atoms with Crippen molar-refractivity contribution in [3.8, 4) is 11.8 Å². The number of carbonyl (C=O) groups is 1. The van der Waals surface area contributed by atoms with Gasteiger partial charge in [0.25, 0.3) is 0 Å². The predicted molar refractivity (Wildman–Crippen MR) is 60.6 cm³/mol. The Morgan fingerprint density at radius 2 is 2.25 bits per heavy atom. The van der Waals surface area contributed by atoms with E-state index < -0.39 is 11.6 Å². The van der Waals surface area contributed by atoms with E-state index in [0.29, 0.717) is 5.69 Å². The van der Waals surface area contributed by atoms with Crippen molar-refractivity contribution in [3.63, 3.8) is 0 Å². The molecule has 1 rings (SSSR count). The van der Waals surface area contributed by atoms with E-state index in [1.165, 1.54) is 0 Å². The van der Waals surface area contributed by atoms with Crippen LogP contribution in [0.5, 0.6) is 0 Å². The van der Waals surface area contributed by atoms with Gasteiger partial charge in [0.2, 0.25) is 0 Å². The lowest BCUT2D eigenvalue weighted by Crippen LogP contribution is -2.22. The number of imidazole rings is 1. The average Bonchev–Trinajstić information content (AvgIpc) is 2.59. The third-order valence-corrected chi connectivity index (χ3v) is 1.69. The molecule has 4 nitrogen and oxygen atoms in total. The Balaban J connectivity index is 2.64. The maximum absolute atomic E-state index is 11.3. The highest BCUT2D eigenvalue weighted by Gasteiger charge is 2.14. The number of nitrogens with zero attached hydrogens (tertiary/aromatic N) is 2. The maximum atomic E-state index is 11.3. The second-order valence-corrected chi connectivity index (χ2v) is 4.34. The van der Waals surface area contributed by atoms with Gasteiger partial charge < -0.3 is 9.30 Å². The molecule has 0 aliphatic carbocycles. The molecule has 0 atom stereocenters. The second kappa shape index (κ2) is 4.84. The number of ether oxygens (including phenoxy) is 1. The number of carbonyl (C=O) groups excluding carboxylic acids is 1. The molecule has 0 radical (unpaired) electrons. The lowest BCUT2D eigenvalue weighted by atomic mass is 10.2.